The zero-order chi connectivity index (χ0) is 25.2. The summed E-state index contributed by atoms with van der Waals surface area (Å²) in [6.07, 6.45) is 6.10. The number of amides is 3. The number of nitrogens with one attached hydrogen (secondary N) is 1. The topological polar surface area (TPSA) is 72.9 Å². The number of rotatable bonds is 3. The number of aliphatic hydroxyl groups is 1. The fraction of sp³-hybridized carbons (Fsp3) is 0.429. The molecule has 2 aromatic rings. The van der Waals surface area contributed by atoms with Gasteiger partial charge in [0.1, 0.15) is 18.2 Å². The molecule has 3 fully saturated rings. The monoisotopic (exact) mass is 493 g/mol. The lowest BCUT2D eigenvalue weighted by Crippen LogP contribution is -2.73. The van der Waals surface area contributed by atoms with Gasteiger partial charge in [-0.15, -0.1) is 0 Å². The smallest absolute Gasteiger partial charge is 0.322 e. The Morgan fingerprint density at radius 3 is 2.56 bits per heavy atom. The third-order valence-electron chi connectivity index (χ3n) is 7.53. The highest BCUT2D eigenvalue weighted by Gasteiger charge is 2.54. The van der Waals surface area contributed by atoms with Crippen LogP contribution in [0.1, 0.15) is 49.1 Å². The number of hydrogen-bond donors (Lipinski definition) is 2. The van der Waals surface area contributed by atoms with Crippen LogP contribution in [0, 0.1) is 29.4 Å². The molecule has 1 saturated carbocycles. The molecule has 0 radical (unpaired) electrons. The highest BCUT2D eigenvalue weighted by Crippen LogP contribution is 2.43. The SMILES string of the molecule is O=C(Nc1cc(F)ccc1F)N1CC(=O)N2[C@@H](CO)[C@@H](c3ccc(C#CC4CCCCC4)cc3)[C@@H]2C1. The van der Waals surface area contributed by atoms with E-state index in [1.165, 1.54) is 24.2 Å². The van der Waals surface area contributed by atoms with Crippen molar-refractivity contribution >= 4 is 17.6 Å². The number of hydrogen-bond acceptors (Lipinski definition) is 3. The van der Waals surface area contributed by atoms with Gasteiger partial charge in [-0.3, -0.25) is 4.79 Å². The lowest BCUT2D eigenvalue weighted by molar-refractivity contribution is -0.159. The van der Waals surface area contributed by atoms with Crippen molar-refractivity contribution in [2.45, 2.75) is 50.1 Å². The molecule has 0 unspecified atom stereocenters. The second-order valence-corrected chi connectivity index (χ2v) is 9.81. The van der Waals surface area contributed by atoms with Gasteiger partial charge >= 0.3 is 6.03 Å². The molecule has 2 heterocycles. The molecule has 0 aromatic heterocycles. The second kappa shape index (κ2) is 10.3. The van der Waals surface area contributed by atoms with Crippen LogP contribution in [0.15, 0.2) is 42.5 Å². The zero-order valence-electron chi connectivity index (χ0n) is 19.9. The molecule has 2 N–H and O–H groups in total. The number of urea groups is 1. The number of aliphatic hydroxyl groups excluding tert-OH is 1. The van der Waals surface area contributed by atoms with E-state index in [-0.39, 0.29) is 49.3 Å². The number of nitrogens with zero attached hydrogens (tertiary/aromatic N) is 2. The Kier molecular flexibility index (Phi) is 6.92. The molecule has 188 valence electrons. The van der Waals surface area contributed by atoms with Gasteiger partial charge in [0.2, 0.25) is 5.91 Å². The standard InChI is InChI=1S/C28H29F2N3O3/c29-21-12-13-22(30)23(14-21)31-28(36)32-15-24-27(25(17-34)33(24)26(35)16-32)20-10-8-19(9-11-20)7-6-18-4-2-1-3-5-18/h8-14,18,24-25,27,34H,1-5,15-17H2,(H,31,36)/t24-,25-,27-/m0/s1. The average Bonchev–Trinajstić information content (AvgIpc) is 2.87. The third-order valence-corrected chi connectivity index (χ3v) is 7.53. The fourth-order valence-corrected chi connectivity index (χ4v) is 5.66. The van der Waals surface area contributed by atoms with Crippen LogP contribution < -0.4 is 5.32 Å². The summed E-state index contributed by atoms with van der Waals surface area (Å²) >= 11 is 0. The van der Waals surface area contributed by atoms with E-state index in [0.717, 1.165) is 42.2 Å². The normalized spacial score (nSPS) is 23.9. The summed E-state index contributed by atoms with van der Waals surface area (Å²) in [7, 11) is 0. The molecular weight excluding hydrogens is 464 g/mol. The Bertz CT molecular complexity index is 1200. The van der Waals surface area contributed by atoms with Crippen LogP contribution in [0.3, 0.4) is 0 Å². The Morgan fingerprint density at radius 2 is 1.83 bits per heavy atom. The van der Waals surface area contributed by atoms with Crippen molar-refractivity contribution in [3.05, 3.63) is 65.2 Å². The molecule has 3 atom stereocenters. The van der Waals surface area contributed by atoms with E-state index in [1.54, 1.807) is 4.90 Å². The molecule has 3 amide bonds. The molecule has 8 heteroatoms. The van der Waals surface area contributed by atoms with E-state index in [4.69, 9.17) is 0 Å². The summed E-state index contributed by atoms with van der Waals surface area (Å²) in [4.78, 5) is 28.5. The van der Waals surface area contributed by atoms with Crippen molar-refractivity contribution in [2.75, 3.05) is 25.0 Å². The largest absolute Gasteiger partial charge is 0.394 e. The number of anilines is 1. The Hall–Kier alpha value is -3.44. The molecule has 2 aromatic carbocycles. The first-order chi connectivity index (χ1) is 17.4. The van der Waals surface area contributed by atoms with Crippen LogP contribution in [0.25, 0.3) is 0 Å². The number of piperazine rings is 1. The van der Waals surface area contributed by atoms with Gasteiger partial charge in [-0.05, 0) is 42.7 Å². The van der Waals surface area contributed by atoms with Gasteiger partial charge < -0.3 is 20.2 Å². The first kappa shape index (κ1) is 24.3. The van der Waals surface area contributed by atoms with Crippen LogP contribution in [0.4, 0.5) is 19.3 Å². The molecule has 3 aliphatic rings. The minimum absolute atomic E-state index is 0.152. The van der Waals surface area contributed by atoms with Crippen LogP contribution in [-0.4, -0.2) is 58.6 Å². The number of halogens is 2. The minimum atomic E-state index is -0.761. The van der Waals surface area contributed by atoms with Gasteiger partial charge in [-0.2, -0.15) is 0 Å². The molecule has 2 saturated heterocycles. The van der Waals surface area contributed by atoms with Crippen LogP contribution >= 0.6 is 0 Å². The predicted octanol–water partition coefficient (Wildman–Crippen LogP) is 4.10. The Labute approximate surface area is 209 Å². The van der Waals surface area contributed by atoms with E-state index in [2.05, 4.69) is 17.2 Å². The molecule has 1 aliphatic carbocycles. The van der Waals surface area contributed by atoms with Gasteiger partial charge in [-0.25, -0.2) is 13.6 Å². The third kappa shape index (κ3) is 4.80. The maximum absolute atomic E-state index is 14.0. The van der Waals surface area contributed by atoms with Crippen LogP contribution in [-0.2, 0) is 4.79 Å². The van der Waals surface area contributed by atoms with Gasteiger partial charge in [0.15, 0.2) is 0 Å². The quantitative estimate of drug-likeness (QED) is 0.633. The number of benzene rings is 2. The Morgan fingerprint density at radius 1 is 1.08 bits per heavy atom. The molecular formula is C28H29F2N3O3. The van der Waals surface area contributed by atoms with E-state index in [9.17, 15) is 23.5 Å². The molecule has 6 nitrogen and oxygen atoms in total. The highest BCUT2D eigenvalue weighted by atomic mass is 19.1. The summed E-state index contributed by atoms with van der Waals surface area (Å²) in [5, 5.41) is 12.4. The Balaban J connectivity index is 1.29. The summed E-state index contributed by atoms with van der Waals surface area (Å²) < 4.78 is 27.5. The van der Waals surface area contributed by atoms with E-state index in [1.807, 2.05) is 24.3 Å². The summed E-state index contributed by atoms with van der Waals surface area (Å²) in [6, 6.07) is 9.32. The maximum Gasteiger partial charge on any atom is 0.322 e. The molecule has 2 aliphatic heterocycles. The van der Waals surface area contributed by atoms with Gasteiger partial charge in [0.05, 0.1) is 24.4 Å². The first-order valence-electron chi connectivity index (χ1n) is 12.5. The number of carbonyl (C=O) groups is 2. The lowest BCUT2D eigenvalue weighted by atomic mass is 9.73. The van der Waals surface area contributed by atoms with E-state index < -0.39 is 17.7 Å². The molecule has 5 rings (SSSR count). The van der Waals surface area contributed by atoms with Crippen molar-refractivity contribution in [2.24, 2.45) is 5.92 Å². The van der Waals surface area contributed by atoms with Crippen LogP contribution in [0.5, 0.6) is 0 Å². The lowest BCUT2D eigenvalue weighted by Gasteiger charge is -2.58. The first-order valence-corrected chi connectivity index (χ1v) is 12.5. The van der Waals surface area contributed by atoms with Crippen LogP contribution in [0.2, 0.25) is 0 Å². The van der Waals surface area contributed by atoms with E-state index in [0.29, 0.717) is 5.92 Å². The van der Waals surface area contributed by atoms with Gasteiger partial charge in [0.25, 0.3) is 0 Å². The molecule has 0 spiro atoms. The zero-order valence-corrected chi connectivity index (χ0v) is 19.9. The number of carbonyl (C=O) groups excluding carboxylic acids is 2. The van der Waals surface area contributed by atoms with Crippen molar-refractivity contribution in [1.29, 1.82) is 0 Å². The van der Waals surface area contributed by atoms with Crippen molar-refractivity contribution in [1.82, 2.24) is 9.80 Å². The maximum atomic E-state index is 14.0. The van der Waals surface area contributed by atoms with Gasteiger partial charge in [-0.1, -0.05) is 43.2 Å². The van der Waals surface area contributed by atoms with Gasteiger partial charge in [0, 0.05) is 30.0 Å². The average molecular weight is 494 g/mol. The summed E-state index contributed by atoms with van der Waals surface area (Å²) in [5.74, 6) is 5.25. The van der Waals surface area contributed by atoms with Crippen molar-refractivity contribution in [3.8, 4) is 11.8 Å². The van der Waals surface area contributed by atoms with Crippen molar-refractivity contribution in [3.63, 3.8) is 0 Å². The summed E-state index contributed by atoms with van der Waals surface area (Å²) in [5.41, 5.74) is 1.61. The molecule has 0 bridgehead atoms. The molecule has 36 heavy (non-hydrogen) atoms. The van der Waals surface area contributed by atoms with Crippen molar-refractivity contribution < 1.29 is 23.5 Å². The fourth-order valence-electron chi connectivity index (χ4n) is 5.66. The van der Waals surface area contributed by atoms with E-state index >= 15 is 0 Å². The minimum Gasteiger partial charge on any atom is -0.394 e. The highest BCUT2D eigenvalue weighted by molar-refractivity contribution is 5.94. The predicted molar refractivity (Wildman–Crippen MR) is 131 cm³/mol. The number of fused-ring (bicyclic) bond motifs is 1. The second-order valence-electron chi connectivity index (χ2n) is 9.81. The summed E-state index contributed by atoms with van der Waals surface area (Å²) in [6.45, 7) is -0.159.